The molecule has 5 rings (SSSR count). The molecule has 148 valence electrons. The molecule has 0 N–H and O–H groups in total. The lowest BCUT2D eigenvalue weighted by molar-refractivity contribution is 0.0122. The number of hydrogen-bond acceptors (Lipinski definition) is 3. The van der Waals surface area contributed by atoms with Crippen LogP contribution >= 0.6 is 0 Å². The maximum Gasteiger partial charge on any atom is 0.0820 e. The number of nitrogens with zero attached hydrogens (tertiary/aromatic N) is 2. The first-order valence-corrected chi connectivity index (χ1v) is 11.4. The number of piperidine rings is 1. The van der Waals surface area contributed by atoms with Crippen molar-refractivity contribution in [2.75, 3.05) is 31.6 Å². The summed E-state index contributed by atoms with van der Waals surface area (Å²) in [5, 5.41) is 0. The normalized spacial score (nSPS) is 36.3. The SMILES string of the molecule is COC1CCN(c2ccccc2)C12CCN(C1CC3CCCCC3C1)CC2. The Balaban J connectivity index is 1.30. The monoisotopic (exact) mass is 368 g/mol. The average Bonchev–Trinajstić information content (AvgIpc) is 3.31. The molecule has 2 aliphatic heterocycles. The van der Waals surface area contributed by atoms with Crippen LogP contribution in [0.2, 0.25) is 0 Å². The van der Waals surface area contributed by atoms with Crippen molar-refractivity contribution in [2.45, 2.75) is 75.5 Å². The highest BCUT2D eigenvalue weighted by molar-refractivity contribution is 5.51. The van der Waals surface area contributed by atoms with E-state index in [1.165, 1.54) is 76.6 Å². The summed E-state index contributed by atoms with van der Waals surface area (Å²) in [4.78, 5) is 5.55. The number of ether oxygens (including phenoxy) is 1. The Labute approximate surface area is 165 Å². The topological polar surface area (TPSA) is 15.7 Å². The van der Waals surface area contributed by atoms with E-state index < -0.39 is 0 Å². The van der Waals surface area contributed by atoms with E-state index in [0.717, 1.165) is 24.4 Å². The van der Waals surface area contributed by atoms with Gasteiger partial charge in [-0.05, 0) is 56.1 Å². The van der Waals surface area contributed by atoms with Gasteiger partial charge >= 0.3 is 0 Å². The number of benzene rings is 1. The van der Waals surface area contributed by atoms with E-state index in [-0.39, 0.29) is 5.54 Å². The van der Waals surface area contributed by atoms with Gasteiger partial charge in [0.15, 0.2) is 0 Å². The molecule has 2 aliphatic carbocycles. The summed E-state index contributed by atoms with van der Waals surface area (Å²) in [6.07, 6.45) is 13.0. The summed E-state index contributed by atoms with van der Waals surface area (Å²) in [6.45, 7) is 3.65. The zero-order valence-electron chi connectivity index (χ0n) is 17.0. The van der Waals surface area contributed by atoms with Crippen molar-refractivity contribution in [1.29, 1.82) is 0 Å². The lowest BCUT2D eigenvalue weighted by atomic mass is 9.81. The van der Waals surface area contributed by atoms with Crippen LogP contribution in [0.1, 0.15) is 57.8 Å². The van der Waals surface area contributed by atoms with Gasteiger partial charge < -0.3 is 14.5 Å². The second-order valence-corrected chi connectivity index (χ2v) is 9.57. The van der Waals surface area contributed by atoms with Gasteiger partial charge in [-0.2, -0.15) is 0 Å². The number of fused-ring (bicyclic) bond motifs is 1. The number of hydrogen-bond donors (Lipinski definition) is 0. The van der Waals surface area contributed by atoms with Crippen LogP contribution in [-0.2, 0) is 4.74 Å². The Morgan fingerprint density at radius 2 is 1.56 bits per heavy atom. The summed E-state index contributed by atoms with van der Waals surface area (Å²) in [6, 6.07) is 11.9. The molecule has 0 amide bonds. The van der Waals surface area contributed by atoms with Gasteiger partial charge in [0.25, 0.3) is 0 Å². The summed E-state index contributed by atoms with van der Waals surface area (Å²) < 4.78 is 6.03. The second kappa shape index (κ2) is 7.40. The highest BCUT2D eigenvalue weighted by Crippen LogP contribution is 2.47. The smallest absolute Gasteiger partial charge is 0.0820 e. The third kappa shape index (κ3) is 3.11. The number of rotatable bonds is 3. The molecule has 3 unspecified atom stereocenters. The lowest BCUT2D eigenvalue weighted by Crippen LogP contribution is -2.59. The first-order chi connectivity index (χ1) is 13.3. The highest BCUT2D eigenvalue weighted by Gasteiger charge is 2.51. The largest absolute Gasteiger partial charge is 0.379 e. The molecule has 3 atom stereocenters. The Morgan fingerprint density at radius 3 is 2.19 bits per heavy atom. The van der Waals surface area contributed by atoms with Crippen molar-refractivity contribution < 1.29 is 4.74 Å². The van der Waals surface area contributed by atoms with E-state index in [1.807, 2.05) is 7.11 Å². The van der Waals surface area contributed by atoms with E-state index in [4.69, 9.17) is 4.74 Å². The van der Waals surface area contributed by atoms with Crippen LogP contribution in [0.3, 0.4) is 0 Å². The highest BCUT2D eigenvalue weighted by atomic mass is 16.5. The van der Waals surface area contributed by atoms with Gasteiger partial charge in [-0.15, -0.1) is 0 Å². The number of likely N-dealkylation sites (tertiary alicyclic amines) is 1. The van der Waals surface area contributed by atoms with Crippen molar-refractivity contribution in [3.63, 3.8) is 0 Å². The molecule has 0 bridgehead atoms. The van der Waals surface area contributed by atoms with Crippen LogP contribution in [0.5, 0.6) is 0 Å². The second-order valence-electron chi connectivity index (χ2n) is 9.57. The van der Waals surface area contributed by atoms with Crippen LogP contribution in [0.25, 0.3) is 0 Å². The minimum Gasteiger partial charge on any atom is -0.379 e. The molecule has 2 heterocycles. The van der Waals surface area contributed by atoms with Gasteiger partial charge in [0.2, 0.25) is 0 Å². The predicted octanol–water partition coefficient (Wildman–Crippen LogP) is 4.72. The molecule has 0 aromatic heterocycles. The Morgan fingerprint density at radius 1 is 0.889 bits per heavy atom. The molecule has 4 aliphatic rings. The summed E-state index contributed by atoms with van der Waals surface area (Å²) in [5.74, 6) is 2.08. The van der Waals surface area contributed by atoms with Crippen LogP contribution < -0.4 is 4.90 Å². The minimum absolute atomic E-state index is 0.206. The van der Waals surface area contributed by atoms with Crippen LogP contribution in [-0.4, -0.2) is 49.3 Å². The molecule has 2 saturated carbocycles. The van der Waals surface area contributed by atoms with E-state index in [9.17, 15) is 0 Å². The van der Waals surface area contributed by atoms with Crippen LogP contribution in [0.4, 0.5) is 5.69 Å². The zero-order chi connectivity index (χ0) is 18.3. The molecule has 4 fully saturated rings. The fourth-order valence-electron chi connectivity index (χ4n) is 7.11. The van der Waals surface area contributed by atoms with E-state index in [1.54, 1.807) is 0 Å². The molecule has 3 nitrogen and oxygen atoms in total. The summed E-state index contributed by atoms with van der Waals surface area (Å²) >= 11 is 0. The first-order valence-electron chi connectivity index (χ1n) is 11.4. The van der Waals surface area contributed by atoms with Crippen LogP contribution in [0, 0.1) is 11.8 Å². The molecular formula is C24H36N2O. The van der Waals surface area contributed by atoms with Crippen molar-refractivity contribution in [3.05, 3.63) is 30.3 Å². The quantitative estimate of drug-likeness (QED) is 0.768. The first kappa shape index (κ1) is 18.0. The van der Waals surface area contributed by atoms with Crippen molar-refractivity contribution in [1.82, 2.24) is 4.90 Å². The standard InChI is InChI=1S/C24H36N2O/c1-27-23-11-14-26(21-9-3-2-4-10-21)24(23)12-15-25(16-13-24)22-17-19-7-5-6-8-20(19)18-22/h2-4,9-10,19-20,22-23H,5-8,11-18H2,1H3. The van der Waals surface area contributed by atoms with E-state index in [2.05, 4.69) is 40.1 Å². The van der Waals surface area contributed by atoms with Crippen molar-refractivity contribution in [3.8, 4) is 0 Å². The predicted molar refractivity (Wildman–Crippen MR) is 111 cm³/mol. The van der Waals surface area contributed by atoms with Gasteiger partial charge in [-0.1, -0.05) is 43.9 Å². The van der Waals surface area contributed by atoms with Gasteiger partial charge in [0.1, 0.15) is 0 Å². The maximum atomic E-state index is 6.03. The molecule has 3 heteroatoms. The van der Waals surface area contributed by atoms with Gasteiger partial charge in [-0.3, -0.25) is 0 Å². The Hall–Kier alpha value is -1.06. The fraction of sp³-hybridized carbons (Fsp3) is 0.750. The third-order valence-corrected chi connectivity index (χ3v) is 8.50. The molecule has 1 aromatic rings. The molecule has 1 aromatic carbocycles. The summed E-state index contributed by atoms with van der Waals surface area (Å²) in [5.41, 5.74) is 1.59. The van der Waals surface area contributed by atoms with E-state index in [0.29, 0.717) is 6.10 Å². The number of para-hydroxylation sites is 1. The van der Waals surface area contributed by atoms with Crippen molar-refractivity contribution in [2.24, 2.45) is 11.8 Å². The maximum absolute atomic E-state index is 6.03. The van der Waals surface area contributed by atoms with Gasteiger partial charge in [0.05, 0.1) is 11.6 Å². The van der Waals surface area contributed by atoms with Gasteiger partial charge in [-0.25, -0.2) is 0 Å². The number of methoxy groups -OCH3 is 1. The fourth-order valence-corrected chi connectivity index (χ4v) is 7.11. The van der Waals surface area contributed by atoms with Crippen LogP contribution in [0.15, 0.2) is 30.3 Å². The van der Waals surface area contributed by atoms with Gasteiger partial charge in [0, 0.05) is 38.5 Å². The Bertz CT molecular complexity index is 611. The molecule has 1 spiro atoms. The van der Waals surface area contributed by atoms with E-state index >= 15 is 0 Å². The molecule has 2 saturated heterocycles. The number of anilines is 1. The minimum atomic E-state index is 0.206. The lowest BCUT2D eigenvalue weighted by Gasteiger charge is -2.49. The average molecular weight is 369 g/mol. The third-order valence-electron chi connectivity index (χ3n) is 8.50. The molecular weight excluding hydrogens is 332 g/mol. The molecule has 27 heavy (non-hydrogen) atoms. The van der Waals surface area contributed by atoms with Crippen molar-refractivity contribution >= 4 is 5.69 Å². The summed E-state index contributed by atoms with van der Waals surface area (Å²) in [7, 11) is 1.93. The molecule has 0 radical (unpaired) electrons. The Kier molecular flexibility index (Phi) is 4.94. The zero-order valence-corrected chi connectivity index (χ0v) is 17.0.